The summed E-state index contributed by atoms with van der Waals surface area (Å²) in [7, 11) is -2.50. The molecule has 0 bridgehead atoms. The molecule has 3 saturated heterocycles. The fourth-order valence-corrected chi connectivity index (χ4v) is 14.0. The number of alkyl halides is 2. The first kappa shape index (κ1) is 48.3. The molecule has 2 saturated carbocycles. The molecule has 8 atom stereocenters. The Balaban J connectivity index is 0.960. The topological polar surface area (TPSA) is 138 Å². The second-order valence-electron chi connectivity index (χ2n) is 20.1. The fraction of sp³-hybridized carbons (Fsp3) is 0.538. The van der Waals surface area contributed by atoms with Crippen LogP contribution in [-0.2, 0) is 23.7 Å². The number of nitrogens with zero attached hydrogens (tertiary/aromatic N) is 3. The molecule has 0 radical (unpaired) electrons. The van der Waals surface area contributed by atoms with Crippen molar-refractivity contribution in [3.8, 4) is 5.75 Å². The van der Waals surface area contributed by atoms with Crippen LogP contribution in [0.3, 0.4) is 0 Å². The van der Waals surface area contributed by atoms with Crippen LogP contribution >= 0.6 is 18.9 Å². The number of para-hydroxylation sites is 1. The molecule has 3 amide bonds. The molecule has 1 spiro atoms. The molecule has 2 N–H and O–H groups in total. The van der Waals surface area contributed by atoms with Crippen LogP contribution in [0.5, 0.6) is 5.75 Å². The smallest absolute Gasteiger partial charge is 0.355 e. The van der Waals surface area contributed by atoms with Crippen molar-refractivity contribution in [3.63, 3.8) is 0 Å². The van der Waals surface area contributed by atoms with Gasteiger partial charge in [-0.15, -0.1) is 11.3 Å². The minimum atomic E-state index is -4.53. The lowest BCUT2D eigenvalue weighted by atomic mass is 9.86. The number of carbonyl (C=O) groups is 4. The lowest BCUT2D eigenvalue weighted by Gasteiger charge is -2.45. The third-order valence-electron chi connectivity index (χ3n) is 15.2. The van der Waals surface area contributed by atoms with Crippen LogP contribution in [0.25, 0.3) is 10.1 Å². The lowest BCUT2D eigenvalue weighted by Crippen LogP contribution is -2.59. The number of ether oxygens (including phenoxy) is 1. The van der Waals surface area contributed by atoms with E-state index in [0.29, 0.717) is 72.9 Å². The molecule has 16 heteroatoms. The van der Waals surface area contributed by atoms with Gasteiger partial charge in [-0.2, -0.15) is 0 Å². The molecule has 5 fully saturated rings. The zero-order valence-corrected chi connectivity index (χ0v) is 41.1. The third kappa shape index (κ3) is 9.87. The Labute approximate surface area is 402 Å². The van der Waals surface area contributed by atoms with Crippen LogP contribution in [0.4, 0.5) is 8.78 Å². The van der Waals surface area contributed by atoms with Gasteiger partial charge in [-0.25, -0.2) is 13.9 Å². The maximum Gasteiger partial charge on any atom is 0.355 e. The van der Waals surface area contributed by atoms with Crippen molar-refractivity contribution in [2.24, 2.45) is 5.92 Å². The molecule has 4 heterocycles. The van der Waals surface area contributed by atoms with E-state index in [1.165, 1.54) is 29.0 Å². The van der Waals surface area contributed by atoms with Crippen LogP contribution in [0.1, 0.15) is 124 Å². The summed E-state index contributed by atoms with van der Waals surface area (Å²) in [6.45, 7) is 6.11. The number of carbonyl (C=O) groups excluding carboxylic acids is 4. The highest BCUT2D eigenvalue weighted by Gasteiger charge is 2.59. The summed E-state index contributed by atoms with van der Waals surface area (Å²) in [5, 5.41) is 6.33. The predicted octanol–water partition coefficient (Wildman–Crippen LogP) is 9.70. The number of likely N-dealkylation sites (tertiary alicyclic amines) is 1. The number of nitrogens with one attached hydrogen (secondary N) is 2. The van der Waals surface area contributed by atoms with E-state index in [1.54, 1.807) is 61.2 Å². The molecular formula is C52H64F2N5O7PS. The lowest BCUT2D eigenvalue weighted by molar-refractivity contribution is -0.148. The number of amides is 3. The molecule has 1 aromatic heterocycles. The van der Waals surface area contributed by atoms with Gasteiger partial charge in [0, 0.05) is 40.8 Å². The zero-order valence-electron chi connectivity index (χ0n) is 39.4. The summed E-state index contributed by atoms with van der Waals surface area (Å²) < 4.78 is 57.8. The largest absolute Gasteiger partial charge is 0.465 e. The molecule has 364 valence electrons. The van der Waals surface area contributed by atoms with Crippen LogP contribution in [-0.4, -0.2) is 107 Å². The van der Waals surface area contributed by atoms with Gasteiger partial charge < -0.3 is 29.3 Å². The van der Waals surface area contributed by atoms with E-state index in [2.05, 4.69) is 32.3 Å². The van der Waals surface area contributed by atoms with Crippen LogP contribution in [0.15, 0.2) is 84.9 Å². The maximum absolute atomic E-state index is 17.0. The molecule has 5 aliphatic rings. The Kier molecular flexibility index (Phi) is 14.2. The monoisotopic (exact) mass is 971 g/mol. The van der Waals surface area contributed by atoms with E-state index in [0.717, 1.165) is 19.3 Å². The SMILES string of the molecule is CCCOC(=O)[C@@H](NP(=O)(Oc1ccccc1)[C@@H](F)c1ccc2sc(C(=O)N[C@H]3CC[C@H](N(C)C4CC(F)C4)C[C@H]4CC[C@@H](C(=O)N5C[C@H](c6ccccc6)CC56CC6)N4C3=O)cc2c1)C(C)C. The van der Waals surface area contributed by atoms with E-state index >= 15 is 4.39 Å². The van der Waals surface area contributed by atoms with E-state index in [4.69, 9.17) is 9.26 Å². The summed E-state index contributed by atoms with van der Waals surface area (Å²) >= 11 is 1.19. The van der Waals surface area contributed by atoms with Gasteiger partial charge in [0.2, 0.25) is 17.7 Å². The number of hydrogen-bond acceptors (Lipinski definition) is 9. The highest BCUT2D eigenvalue weighted by Crippen LogP contribution is 2.59. The third-order valence-corrected chi connectivity index (χ3v) is 18.3. The first-order chi connectivity index (χ1) is 32.7. The van der Waals surface area contributed by atoms with Gasteiger partial charge in [-0.3, -0.25) is 23.7 Å². The second kappa shape index (κ2) is 20.0. The first-order valence-electron chi connectivity index (χ1n) is 24.5. The Morgan fingerprint density at radius 1 is 0.941 bits per heavy atom. The summed E-state index contributed by atoms with van der Waals surface area (Å²) in [5.41, 5.74) is 1.05. The predicted molar refractivity (Wildman–Crippen MR) is 259 cm³/mol. The van der Waals surface area contributed by atoms with Crippen LogP contribution < -0.4 is 14.9 Å². The Hall–Kier alpha value is -4.69. The van der Waals surface area contributed by atoms with Gasteiger partial charge in [0.1, 0.15) is 30.0 Å². The van der Waals surface area contributed by atoms with Gasteiger partial charge in [0.25, 0.3) is 5.91 Å². The van der Waals surface area contributed by atoms with Gasteiger partial charge in [0.05, 0.1) is 11.5 Å². The van der Waals surface area contributed by atoms with E-state index in [9.17, 15) is 28.1 Å². The molecule has 3 aromatic carbocycles. The fourth-order valence-electron chi connectivity index (χ4n) is 11.0. The Morgan fingerprint density at radius 3 is 2.34 bits per heavy atom. The normalized spacial score (nSPS) is 27.2. The summed E-state index contributed by atoms with van der Waals surface area (Å²) in [6, 6.07) is 22.1. The number of benzene rings is 3. The quantitative estimate of drug-likeness (QED) is 0.0831. The number of halogens is 2. The van der Waals surface area contributed by atoms with Crippen molar-refractivity contribution in [3.05, 3.63) is 101 Å². The molecule has 68 heavy (non-hydrogen) atoms. The highest BCUT2D eigenvalue weighted by atomic mass is 32.1. The summed E-state index contributed by atoms with van der Waals surface area (Å²) in [5.74, 6) is -3.67. The van der Waals surface area contributed by atoms with Crippen LogP contribution in [0.2, 0.25) is 0 Å². The van der Waals surface area contributed by atoms with Crippen molar-refractivity contribution >= 4 is 52.6 Å². The van der Waals surface area contributed by atoms with E-state index < -0.39 is 55.5 Å². The molecule has 12 nitrogen and oxygen atoms in total. The average Bonchev–Trinajstić information content (AvgIpc) is 3.60. The van der Waals surface area contributed by atoms with Crippen molar-refractivity contribution in [2.45, 2.75) is 151 Å². The van der Waals surface area contributed by atoms with Gasteiger partial charge in [-0.1, -0.05) is 75.4 Å². The minimum Gasteiger partial charge on any atom is -0.465 e. The number of rotatable bonds is 16. The number of hydrogen-bond donors (Lipinski definition) is 2. The van der Waals surface area contributed by atoms with Crippen molar-refractivity contribution in [1.29, 1.82) is 0 Å². The standard InChI is InChI=1S/C52H64F2N5O7PS/c1-5-24-65-51(63)46(32(2)3)56-67(64,66-41-14-10-7-11-15-41)47(54)34-16-21-44-35(25-34)26-45(68-44)48(60)55-42-19-17-38(57(4)40-27-37(53)28-40)29-39-18-20-43(59(39)49(42)61)50(62)58-31-36(30-52(58)22-23-52)33-12-8-6-9-13-33/h6-16,21,25-26,32,36-40,42-43,46-47H,5,17-20,22-24,27-31H2,1-4H3,(H,55,60)(H,56,64)/t36-,37?,38+,39-,40?,42+,43+,46+,47-,67?/m1/s1. The molecule has 4 aromatic rings. The Bertz CT molecular complexity index is 2520. The number of fused-ring (bicyclic) bond motifs is 2. The van der Waals surface area contributed by atoms with Crippen LogP contribution in [0, 0.1) is 5.92 Å². The van der Waals surface area contributed by atoms with Crippen molar-refractivity contribution < 1.29 is 41.8 Å². The molecular weight excluding hydrogens is 908 g/mol. The maximum atomic E-state index is 17.0. The zero-order chi connectivity index (χ0) is 47.9. The average molecular weight is 972 g/mol. The minimum absolute atomic E-state index is 0.0110. The molecule has 2 aliphatic carbocycles. The van der Waals surface area contributed by atoms with Gasteiger partial charge >= 0.3 is 13.5 Å². The molecule has 1 unspecified atom stereocenters. The summed E-state index contributed by atoms with van der Waals surface area (Å²) in [6.07, 6.45) is 6.33. The Morgan fingerprint density at radius 2 is 1.66 bits per heavy atom. The van der Waals surface area contributed by atoms with E-state index in [-0.39, 0.29) is 59.3 Å². The summed E-state index contributed by atoms with van der Waals surface area (Å²) in [4.78, 5) is 63.7. The highest BCUT2D eigenvalue weighted by molar-refractivity contribution is 7.57. The molecule has 9 rings (SSSR count). The first-order valence-corrected chi connectivity index (χ1v) is 27.0. The number of thiophene rings is 1. The molecule has 3 aliphatic heterocycles. The van der Waals surface area contributed by atoms with Gasteiger partial charge in [0.15, 0.2) is 0 Å². The number of esters is 1. The second-order valence-corrected chi connectivity index (χ2v) is 23.3. The van der Waals surface area contributed by atoms with Crippen molar-refractivity contribution in [1.82, 2.24) is 25.1 Å². The van der Waals surface area contributed by atoms with Gasteiger partial charge in [-0.05, 0) is 130 Å². The van der Waals surface area contributed by atoms with E-state index in [1.807, 2.05) is 32.2 Å². The van der Waals surface area contributed by atoms with Crippen molar-refractivity contribution in [2.75, 3.05) is 20.2 Å².